The van der Waals surface area contributed by atoms with Crippen molar-refractivity contribution < 1.29 is 8.78 Å². The number of allylic oxidation sites excluding steroid dienone is 1. The first-order chi connectivity index (χ1) is 13.5. The summed E-state index contributed by atoms with van der Waals surface area (Å²) in [5.74, 6) is -1.42. The van der Waals surface area contributed by atoms with E-state index in [1.165, 1.54) is 11.1 Å². The van der Waals surface area contributed by atoms with Gasteiger partial charge >= 0.3 is 0 Å². The van der Waals surface area contributed by atoms with E-state index in [0.717, 1.165) is 64.2 Å². The number of benzene rings is 1. The van der Waals surface area contributed by atoms with Crippen LogP contribution in [0.4, 0.5) is 8.78 Å². The molecule has 3 rings (SSSR count). The average molecular weight is 389 g/mol. The van der Waals surface area contributed by atoms with Crippen LogP contribution in [0.25, 0.3) is 6.08 Å². The molecule has 1 aromatic rings. The highest BCUT2D eigenvalue weighted by Crippen LogP contribution is 2.49. The van der Waals surface area contributed by atoms with Gasteiger partial charge in [0.15, 0.2) is 0 Å². The predicted octanol–water partition coefficient (Wildman–Crippen LogP) is 8.63. The second-order valence-corrected chi connectivity index (χ2v) is 9.27. The lowest BCUT2D eigenvalue weighted by Gasteiger charge is -2.41. The van der Waals surface area contributed by atoms with Crippen molar-refractivity contribution >= 4 is 6.08 Å². The van der Waals surface area contributed by atoms with Crippen molar-refractivity contribution in [1.82, 2.24) is 0 Å². The zero-order valence-corrected chi connectivity index (χ0v) is 17.8. The Kier molecular flexibility index (Phi) is 7.71. The minimum Gasteiger partial charge on any atom is -0.207 e. The van der Waals surface area contributed by atoms with E-state index in [0.29, 0.717) is 11.8 Å². The van der Waals surface area contributed by atoms with Crippen LogP contribution in [-0.4, -0.2) is 5.92 Å². The highest BCUT2D eigenvalue weighted by Gasteiger charge is 2.46. The standard InChI is InChI=1S/C26H38F2/c1-3-5-6-8-25-18-17-24(19-26(25,27)28)23-15-13-22(14-16-23)21-11-9-20(7-4-2)10-12-21/h4,7,9-12,22-25H,3,5-6,8,13-19H2,1-2H3/b7-4+. The first-order valence-corrected chi connectivity index (χ1v) is 11.6. The van der Waals surface area contributed by atoms with Crippen molar-refractivity contribution in [2.24, 2.45) is 17.8 Å². The van der Waals surface area contributed by atoms with Gasteiger partial charge in [0.05, 0.1) is 0 Å². The molecular weight excluding hydrogens is 350 g/mol. The first kappa shape index (κ1) is 21.5. The first-order valence-electron chi connectivity index (χ1n) is 11.6. The number of halogens is 2. The number of alkyl halides is 2. The minimum absolute atomic E-state index is 0.150. The molecule has 0 bridgehead atoms. The molecule has 156 valence electrons. The van der Waals surface area contributed by atoms with Crippen LogP contribution in [0.15, 0.2) is 30.3 Å². The summed E-state index contributed by atoms with van der Waals surface area (Å²) >= 11 is 0. The van der Waals surface area contributed by atoms with Gasteiger partial charge in [-0.1, -0.05) is 62.6 Å². The fraction of sp³-hybridized carbons (Fsp3) is 0.692. The van der Waals surface area contributed by atoms with E-state index in [9.17, 15) is 8.78 Å². The lowest BCUT2D eigenvalue weighted by Crippen LogP contribution is -2.38. The van der Waals surface area contributed by atoms with Crippen molar-refractivity contribution in [3.05, 3.63) is 41.5 Å². The van der Waals surface area contributed by atoms with Crippen LogP contribution < -0.4 is 0 Å². The molecule has 1 aromatic carbocycles. The second-order valence-electron chi connectivity index (χ2n) is 9.27. The normalized spacial score (nSPS) is 30.6. The van der Waals surface area contributed by atoms with Crippen LogP contribution in [0.5, 0.6) is 0 Å². The van der Waals surface area contributed by atoms with Crippen LogP contribution in [0, 0.1) is 17.8 Å². The molecule has 0 N–H and O–H groups in total. The maximum atomic E-state index is 14.7. The molecular formula is C26H38F2. The summed E-state index contributed by atoms with van der Waals surface area (Å²) in [6.07, 6.45) is 14.6. The molecule has 0 amide bonds. The third kappa shape index (κ3) is 5.45. The minimum atomic E-state index is -2.43. The summed E-state index contributed by atoms with van der Waals surface area (Å²) in [7, 11) is 0. The van der Waals surface area contributed by atoms with Gasteiger partial charge in [-0.3, -0.25) is 0 Å². The Morgan fingerprint density at radius 1 is 0.929 bits per heavy atom. The number of hydrogen-bond donors (Lipinski definition) is 0. The molecule has 2 unspecified atom stereocenters. The molecule has 2 aliphatic carbocycles. The Bertz CT molecular complexity index is 608. The summed E-state index contributed by atoms with van der Waals surface area (Å²) in [6, 6.07) is 8.91. The van der Waals surface area contributed by atoms with Gasteiger partial charge in [0.1, 0.15) is 0 Å². The van der Waals surface area contributed by atoms with Gasteiger partial charge in [0.2, 0.25) is 0 Å². The second kappa shape index (κ2) is 10.0. The van der Waals surface area contributed by atoms with Crippen molar-refractivity contribution in [2.75, 3.05) is 0 Å². The van der Waals surface area contributed by atoms with Crippen molar-refractivity contribution in [2.45, 2.75) is 96.3 Å². The highest BCUT2D eigenvalue weighted by atomic mass is 19.3. The molecule has 0 aromatic heterocycles. The maximum Gasteiger partial charge on any atom is 0.251 e. The average Bonchev–Trinajstić information content (AvgIpc) is 2.70. The molecule has 2 fully saturated rings. The lowest BCUT2D eigenvalue weighted by molar-refractivity contribution is -0.115. The quantitative estimate of drug-likeness (QED) is 0.410. The SMILES string of the molecule is C/C=C/c1ccc(C2CCC(C3CCC(CCCCC)C(F)(F)C3)CC2)cc1. The molecule has 0 heterocycles. The zero-order valence-electron chi connectivity index (χ0n) is 17.8. The van der Waals surface area contributed by atoms with E-state index >= 15 is 0 Å². The summed E-state index contributed by atoms with van der Waals surface area (Å²) in [5.41, 5.74) is 2.68. The number of hydrogen-bond acceptors (Lipinski definition) is 0. The fourth-order valence-electron chi connectivity index (χ4n) is 5.64. The van der Waals surface area contributed by atoms with Crippen LogP contribution in [0.2, 0.25) is 0 Å². The molecule has 0 spiro atoms. The largest absolute Gasteiger partial charge is 0.251 e. The summed E-state index contributed by atoms with van der Waals surface area (Å²) in [6.45, 7) is 4.18. The van der Waals surface area contributed by atoms with E-state index in [4.69, 9.17) is 0 Å². The van der Waals surface area contributed by atoms with Crippen LogP contribution in [-0.2, 0) is 0 Å². The van der Waals surface area contributed by atoms with Crippen LogP contribution in [0.1, 0.15) is 102 Å². The molecule has 0 saturated heterocycles. The molecule has 0 radical (unpaired) electrons. The summed E-state index contributed by atoms with van der Waals surface area (Å²) in [4.78, 5) is 0. The summed E-state index contributed by atoms with van der Waals surface area (Å²) < 4.78 is 29.5. The van der Waals surface area contributed by atoms with E-state index in [-0.39, 0.29) is 18.3 Å². The van der Waals surface area contributed by atoms with Crippen LogP contribution in [0.3, 0.4) is 0 Å². The Morgan fingerprint density at radius 3 is 2.21 bits per heavy atom. The van der Waals surface area contributed by atoms with Crippen molar-refractivity contribution in [3.8, 4) is 0 Å². The van der Waals surface area contributed by atoms with Gasteiger partial charge in [-0.15, -0.1) is 0 Å². The van der Waals surface area contributed by atoms with Gasteiger partial charge in [-0.2, -0.15) is 0 Å². The van der Waals surface area contributed by atoms with Crippen LogP contribution >= 0.6 is 0 Å². The van der Waals surface area contributed by atoms with Crippen molar-refractivity contribution in [1.29, 1.82) is 0 Å². The van der Waals surface area contributed by atoms with E-state index in [2.05, 4.69) is 43.3 Å². The maximum absolute atomic E-state index is 14.7. The van der Waals surface area contributed by atoms with E-state index in [1.54, 1.807) is 0 Å². The fourth-order valence-corrected chi connectivity index (χ4v) is 5.64. The van der Waals surface area contributed by atoms with E-state index < -0.39 is 5.92 Å². The molecule has 2 atom stereocenters. The molecule has 28 heavy (non-hydrogen) atoms. The van der Waals surface area contributed by atoms with E-state index in [1.807, 2.05) is 6.92 Å². The molecule has 2 heteroatoms. The zero-order chi connectivity index (χ0) is 20.0. The van der Waals surface area contributed by atoms with Gasteiger partial charge in [0.25, 0.3) is 5.92 Å². The molecule has 0 nitrogen and oxygen atoms in total. The Morgan fingerprint density at radius 2 is 1.61 bits per heavy atom. The van der Waals surface area contributed by atoms with Crippen molar-refractivity contribution in [3.63, 3.8) is 0 Å². The predicted molar refractivity (Wildman–Crippen MR) is 116 cm³/mol. The topological polar surface area (TPSA) is 0 Å². The molecule has 2 aliphatic rings. The smallest absolute Gasteiger partial charge is 0.207 e. The molecule has 2 saturated carbocycles. The Balaban J connectivity index is 1.50. The Labute approximate surface area is 170 Å². The molecule has 0 aliphatic heterocycles. The van der Waals surface area contributed by atoms with Gasteiger partial charge in [-0.25, -0.2) is 8.78 Å². The van der Waals surface area contributed by atoms with Gasteiger partial charge < -0.3 is 0 Å². The number of unbranched alkanes of at least 4 members (excludes halogenated alkanes) is 2. The van der Waals surface area contributed by atoms with Gasteiger partial charge in [-0.05, 0) is 80.8 Å². The lowest BCUT2D eigenvalue weighted by atomic mass is 9.66. The Hall–Kier alpha value is -1.18. The summed E-state index contributed by atoms with van der Waals surface area (Å²) in [5, 5.41) is 0. The third-order valence-electron chi connectivity index (χ3n) is 7.38. The monoisotopic (exact) mass is 388 g/mol. The van der Waals surface area contributed by atoms with Gasteiger partial charge in [0, 0.05) is 12.3 Å². The third-order valence-corrected chi connectivity index (χ3v) is 7.38. The number of rotatable bonds is 7. The highest BCUT2D eigenvalue weighted by molar-refractivity contribution is 5.49.